The van der Waals surface area contributed by atoms with Crippen molar-refractivity contribution in [1.29, 1.82) is 0 Å². The Labute approximate surface area is 150 Å². The van der Waals surface area contributed by atoms with Gasteiger partial charge >= 0.3 is 5.97 Å². The first-order valence-electron chi connectivity index (χ1n) is 9.43. The van der Waals surface area contributed by atoms with Crippen LogP contribution in [0.3, 0.4) is 0 Å². The maximum Gasteiger partial charge on any atom is 0.314 e. The van der Waals surface area contributed by atoms with Crippen molar-refractivity contribution in [1.82, 2.24) is 9.47 Å². The molecule has 3 rings (SSSR count). The lowest BCUT2D eigenvalue weighted by Crippen LogP contribution is -2.45. The van der Waals surface area contributed by atoms with Gasteiger partial charge in [0.2, 0.25) is 0 Å². The molecule has 3 atom stereocenters. The molecular weight excluding hydrogens is 316 g/mol. The fraction of sp³-hybridized carbons (Fsp3) is 0.700. The van der Waals surface area contributed by atoms with Gasteiger partial charge in [-0.25, -0.2) is 0 Å². The van der Waals surface area contributed by atoms with E-state index in [-0.39, 0.29) is 29.5 Å². The van der Waals surface area contributed by atoms with Crippen molar-refractivity contribution in [3.05, 3.63) is 24.0 Å². The second kappa shape index (κ2) is 6.19. The predicted octanol–water partition coefficient (Wildman–Crippen LogP) is 3.58. The smallest absolute Gasteiger partial charge is 0.314 e. The van der Waals surface area contributed by atoms with Crippen LogP contribution in [0, 0.1) is 5.41 Å². The van der Waals surface area contributed by atoms with Crippen molar-refractivity contribution in [2.24, 2.45) is 5.41 Å². The van der Waals surface area contributed by atoms with Gasteiger partial charge in [0.1, 0.15) is 0 Å². The average Bonchev–Trinajstić information content (AvgIpc) is 3.27. The number of hydrogen-bond acceptors (Lipinski definition) is 3. The fourth-order valence-electron chi connectivity index (χ4n) is 4.60. The van der Waals surface area contributed by atoms with Crippen molar-refractivity contribution in [2.45, 2.75) is 77.9 Å². The summed E-state index contributed by atoms with van der Waals surface area (Å²) in [5, 5.41) is 0. The summed E-state index contributed by atoms with van der Waals surface area (Å²) in [6.07, 6.45) is 7.22. The normalized spacial score (nSPS) is 28.4. The molecule has 0 saturated carbocycles. The van der Waals surface area contributed by atoms with Crippen molar-refractivity contribution in [3.63, 3.8) is 0 Å². The SMILES string of the molecule is CCOC(=O)[C@@]1(CC)C[C@H]2CC[C@@H]1N2C(=O)c1ccn(C(C)(C)C)c1. The first-order valence-corrected chi connectivity index (χ1v) is 9.43. The Bertz CT molecular complexity index is 673. The van der Waals surface area contributed by atoms with Crippen molar-refractivity contribution >= 4 is 11.9 Å². The maximum atomic E-state index is 13.2. The van der Waals surface area contributed by atoms with Gasteiger partial charge in [0.15, 0.2) is 0 Å². The van der Waals surface area contributed by atoms with Crippen LogP contribution in [-0.4, -0.2) is 40.0 Å². The molecule has 0 N–H and O–H groups in total. The van der Waals surface area contributed by atoms with E-state index >= 15 is 0 Å². The number of aromatic nitrogens is 1. The lowest BCUT2D eigenvalue weighted by Gasteiger charge is -2.34. The van der Waals surface area contributed by atoms with E-state index in [1.54, 1.807) is 0 Å². The zero-order valence-corrected chi connectivity index (χ0v) is 16.0. The number of rotatable bonds is 4. The van der Waals surface area contributed by atoms with Gasteiger partial charge in [-0.2, -0.15) is 0 Å². The molecule has 0 aromatic carbocycles. The van der Waals surface area contributed by atoms with E-state index in [9.17, 15) is 9.59 Å². The highest BCUT2D eigenvalue weighted by Gasteiger charge is 2.61. The van der Waals surface area contributed by atoms with Gasteiger partial charge in [0.05, 0.1) is 17.6 Å². The molecule has 2 aliphatic heterocycles. The first-order chi connectivity index (χ1) is 11.7. The van der Waals surface area contributed by atoms with Crippen LogP contribution in [0.25, 0.3) is 0 Å². The van der Waals surface area contributed by atoms with Crippen LogP contribution in [-0.2, 0) is 15.1 Å². The third-order valence-electron chi connectivity index (χ3n) is 6.00. The first kappa shape index (κ1) is 18.0. The zero-order valence-electron chi connectivity index (χ0n) is 16.0. The standard InChI is InChI=1S/C20H30N2O3/c1-6-20(18(24)25-7-2)12-15-8-9-16(20)22(15)17(23)14-10-11-21(13-14)19(3,4)5/h10-11,13,15-16H,6-9,12H2,1-5H3/t15-,16+,20+/m1/s1. The van der Waals surface area contributed by atoms with Crippen LogP contribution in [0.5, 0.6) is 0 Å². The van der Waals surface area contributed by atoms with Gasteiger partial charge in [0.25, 0.3) is 5.91 Å². The molecular formula is C20H30N2O3. The predicted molar refractivity (Wildman–Crippen MR) is 96.4 cm³/mol. The quantitative estimate of drug-likeness (QED) is 0.783. The number of nitrogens with zero attached hydrogens (tertiary/aromatic N) is 2. The largest absolute Gasteiger partial charge is 0.466 e. The van der Waals surface area contributed by atoms with Crippen molar-refractivity contribution in [3.8, 4) is 0 Å². The number of hydrogen-bond donors (Lipinski definition) is 0. The Morgan fingerprint density at radius 2 is 2.00 bits per heavy atom. The van der Waals surface area contributed by atoms with Crippen LogP contribution in [0.4, 0.5) is 0 Å². The molecule has 0 radical (unpaired) electrons. The van der Waals surface area contributed by atoms with E-state index in [0.29, 0.717) is 12.2 Å². The van der Waals surface area contributed by atoms with E-state index in [0.717, 1.165) is 25.7 Å². The zero-order chi connectivity index (χ0) is 18.4. The summed E-state index contributed by atoms with van der Waals surface area (Å²) < 4.78 is 7.44. The van der Waals surface area contributed by atoms with Crippen LogP contribution in [0.2, 0.25) is 0 Å². The number of carbonyl (C=O) groups is 2. The molecule has 25 heavy (non-hydrogen) atoms. The second-order valence-corrected chi connectivity index (χ2v) is 8.37. The minimum atomic E-state index is -0.527. The summed E-state index contributed by atoms with van der Waals surface area (Å²) in [4.78, 5) is 27.8. The molecule has 1 aromatic heterocycles. The van der Waals surface area contributed by atoms with Gasteiger partial charge in [-0.15, -0.1) is 0 Å². The van der Waals surface area contributed by atoms with Gasteiger partial charge < -0.3 is 14.2 Å². The monoisotopic (exact) mass is 346 g/mol. The Morgan fingerprint density at radius 3 is 2.56 bits per heavy atom. The molecule has 5 nitrogen and oxygen atoms in total. The molecule has 2 fully saturated rings. The average molecular weight is 346 g/mol. The molecule has 2 aliphatic rings. The van der Waals surface area contributed by atoms with Crippen LogP contribution < -0.4 is 0 Å². The Balaban J connectivity index is 1.87. The van der Waals surface area contributed by atoms with E-state index in [1.165, 1.54) is 0 Å². The van der Waals surface area contributed by atoms with Crippen molar-refractivity contribution in [2.75, 3.05) is 6.61 Å². The Kier molecular flexibility index (Phi) is 4.46. The minimum Gasteiger partial charge on any atom is -0.466 e. The summed E-state index contributed by atoms with van der Waals surface area (Å²) in [5.41, 5.74) is 0.129. The summed E-state index contributed by atoms with van der Waals surface area (Å²) in [6, 6.07) is 2.01. The Morgan fingerprint density at radius 1 is 1.28 bits per heavy atom. The van der Waals surface area contributed by atoms with Gasteiger partial charge in [-0.1, -0.05) is 6.92 Å². The molecule has 0 unspecified atom stereocenters. The molecule has 0 spiro atoms. The summed E-state index contributed by atoms with van der Waals surface area (Å²) in [7, 11) is 0. The molecule has 0 aliphatic carbocycles. The van der Waals surface area contributed by atoms with Crippen LogP contribution >= 0.6 is 0 Å². The lowest BCUT2D eigenvalue weighted by molar-refractivity contribution is -0.157. The van der Waals surface area contributed by atoms with E-state index in [2.05, 4.69) is 25.3 Å². The summed E-state index contributed by atoms with van der Waals surface area (Å²) in [5.74, 6) is -0.0788. The minimum absolute atomic E-state index is 0.0352. The number of amides is 1. The molecule has 1 amide bonds. The molecule has 1 aromatic rings. The topological polar surface area (TPSA) is 51.5 Å². The highest BCUT2D eigenvalue weighted by molar-refractivity contribution is 5.96. The van der Waals surface area contributed by atoms with E-state index in [4.69, 9.17) is 4.74 Å². The molecule has 5 heteroatoms. The number of carbonyl (C=O) groups excluding carboxylic acids is 2. The van der Waals surface area contributed by atoms with E-state index < -0.39 is 5.41 Å². The number of fused-ring (bicyclic) bond motifs is 2. The summed E-state index contributed by atoms with van der Waals surface area (Å²) >= 11 is 0. The molecule has 138 valence electrons. The number of ether oxygens (including phenoxy) is 1. The van der Waals surface area contributed by atoms with Crippen LogP contribution in [0.15, 0.2) is 18.5 Å². The van der Waals surface area contributed by atoms with Gasteiger partial charge in [-0.3, -0.25) is 9.59 Å². The van der Waals surface area contributed by atoms with Crippen molar-refractivity contribution < 1.29 is 14.3 Å². The van der Waals surface area contributed by atoms with Crippen LogP contribution in [0.1, 0.15) is 70.7 Å². The summed E-state index contributed by atoms with van der Waals surface area (Å²) in [6.45, 7) is 10.6. The van der Waals surface area contributed by atoms with Gasteiger partial charge in [0, 0.05) is 30.0 Å². The lowest BCUT2D eigenvalue weighted by atomic mass is 9.72. The third kappa shape index (κ3) is 2.77. The van der Waals surface area contributed by atoms with Gasteiger partial charge in [-0.05, 0) is 59.4 Å². The molecule has 2 saturated heterocycles. The highest BCUT2D eigenvalue weighted by Crippen LogP contribution is 2.52. The van der Waals surface area contributed by atoms with E-state index in [1.807, 2.05) is 37.2 Å². The second-order valence-electron chi connectivity index (χ2n) is 8.37. The highest BCUT2D eigenvalue weighted by atomic mass is 16.5. The third-order valence-corrected chi connectivity index (χ3v) is 6.00. The fourth-order valence-corrected chi connectivity index (χ4v) is 4.60. The number of esters is 1. The maximum absolute atomic E-state index is 13.2. The molecule has 2 bridgehead atoms. The Hall–Kier alpha value is -1.78. The molecule has 3 heterocycles.